The zero-order valence-electron chi connectivity index (χ0n) is 7.60. The lowest BCUT2D eigenvalue weighted by Crippen LogP contribution is -1.97. The molecule has 0 aliphatic rings. The van der Waals surface area contributed by atoms with E-state index in [2.05, 4.69) is 54.9 Å². The smallest absolute Gasteiger partial charge is 0.0608 e. The van der Waals surface area contributed by atoms with Crippen LogP contribution in [0.15, 0.2) is 22.7 Å². The monoisotopic (exact) mass is 225 g/mol. The predicted molar refractivity (Wildman–Crippen MR) is 57.1 cm³/mol. The van der Waals surface area contributed by atoms with E-state index in [0.717, 1.165) is 6.42 Å². The minimum Gasteiger partial charge on any atom is -0.0608 e. The molecule has 0 spiro atoms. The van der Waals surface area contributed by atoms with Crippen molar-refractivity contribution < 1.29 is 0 Å². The highest BCUT2D eigenvalue weighted by Gasteiger charge is 2.06. The Morgan fingerprint density at radius 1 is 1.50 bits per heavy atom. The summed E-state index contributed by atoms with van der Waals surface area (Å²) in [6, 6.07) is 6.32. The van der Waals surface area contributed by atoms with Crippen molar-refractivity contribution in [2.75, 3.05) is 0 Å². The molecule has 1 unspecified atom stereocenters. The van der Waals surface area contributed by atoms with Crippen LogP contribution in [-0.2, 0) is 6.42 Å². The van der Waals surface area contributed by atoms with Gasteiger partial charge in [-0.05, 0) is 31.0 Å². The minimum atomic E-state index is 0.484. The molecule has 0 saturated heterocycles. The molecular weight excluding hydrogens is 212 g/mol. The average Bonchev–Trinajstić information content (AvgIpc) is 1.98. The Morgan fingerprint density at radius 2 is 2.17 bits per heavy atom. The summed E-state index contributed by atoms with van der Waals surface area (Å²) < 4.78 is 1.20. The Balaban J connectivity index is 2.92. The van der Waals surface area contributed by atoms with Crippen LogP contribution in [0.25, 0.3) is 0 Å². The fourth-order valence-electron chi connectivity index (χ4n) is 1.25. The summed E-state index contributed by atoms with van der Waals surface area (Å²) in [5.74, 6) is 0.484. The third-order valence-electron chi connectivity index (χ3n) is 1.95. The van der Waals surface area contributed by atoms with Gasteiger partial charge in [-0.1, -0.05) is 28.1 Å². The van der Waals surface area contributed by atoms with Gasteiger partial charge in [-0.2, -0.15) is 0 Å². The van der Waals surface area contributed by atoms with Gasteiger partial charge in [0.25, 0.3) is 0 Å². The summed E-state index contributed by atoms with van der Waals surface area (Å²) in [6.07, 6.45) is 1.06. The molecule has 1 heteroatoms. The lowest BCUT2D eigenvalue weighted by Gasteiger charge is -2.06. The Bertz CT molecular complexity index is 264. The maximum absolute atomic E-state index is 3.99. The van der Waals surface area contributed by atoms with Crippen LogP contribution in [0.3, 0.4) is 0 Å². The number of halogens is 1. The Hall–Kier alpha value is -0.430. The summed E-state index contributed by atoms with van der Waals surface area (Å²) in [7, 11) is 0. The predicted octanol–water partition coefficient (Wildman–Crippen LogP) is 3.77. The Labute approximate surface area is 83.1 Å². The van der Waals surface area contributed by atoms with Crippen molar-refractivity contribution in [1.29, 1.82) is 0 Å². The van der Waals surface area contributed by atoms with E-state index in [1.54, 1.807) is 0 Å². The molecular formula is C11H14Br+. The second kappa shape index (κ2) is 3.99. The van der Waals surface area contributed by atoms with Crippen LogP contribution < -0.4 is 0 Å². The van der Waals surface area contributed by atoms with Crippen molar-refractivity contribution in [3.8, 4) is 0 Å². The average molecular weight is 226 g/mol. The molecule has 1 aromatic rings. The molecule has 0 aliphatic carbocycles. The molecule has 12 heavy (non-hydrogen) atoms. The molecule has 0 heterocycles. The molecule has 0 nitrogen and oxygen atoms in total. The quantitative estimate of drug-likeness (QED) is 0.673. The summed E-state index contributed by atoms with van der Waals surface area (Å²) >= 11 is 3.52. The first-order valence-electron chi connectivity index (χ1n) is 4.18. The van der Waals surface area contributed by atoms with E-state index < -0.39 is 0 Å². The van der Waals surface area contributed by atoms with Gasteiger partial charge in [-0.25, -0.2) is 0 Å². The third kappa shape index (κ3) is 2.28. The molecule has 0 radical (unpaired) electrons. The van der Waals surface area contributed by atoms with E-state index in [0.29, 0.717) is 5.92 Å². The Morgan fingerprint density at radius 3 is 2.75 bits per heavy atom. The lowest BCUT2D eigenvalue weighted by atomic mass is 9.99. The molecule has 0 bridgehead atoms. The van der Waals surface area contributed by atoms with Crippen LogP contribution in [0.5, 0.6) is 0 Å². The number of hydrogen-bond acceptors (Lipinski definition) is 0. The van der Waals surface area contributed by atoms with Crippen molar-refractivity contribution in [3.63, 3.8) is 0 Å². The van der Waals surface area contributed by atoms with Gasteiger partial charge < -0.3 is 0 Å². The third-order valence-corrected chi connectivity index (χ3v) is 2.81. The summed E-state index contributed by atoms with van der Waals surface area (Å²) in [4.78, 5) is 0. The van der Waals surface area contributed by atoms with Crippen molar-refractivity contribution in [1.82, 2.24) is 0 Å². The summed E-state index contributed by atoms with van der Waals surface area (Å²) in [5, 5.41) is 0. The van der Waals surface area contributed by atoms with Crippen molar-refractivity contribution in [2.24, 2.45) is 5.92 Å². The van der Waals surface area contributed by atoms with Gasteiger partial charge in [0, 0.05) is 10.9 Å². The lowest BCUT2D eigenvalue weighted by molar-refractivity contribution is 0.715. The first kappa shape index (κ1) is 9.66. The minimum absolute atomic E-state index is 0.484. The van der Waals surface area contributed by atoms with E-state index >= 15 is 0 Å². The highest BCUT2D eigenvalue weighted by Crippen LogP contribution is 2.21. The molecule has 0 saturated carbocycles. The van der Waals surface area contributed by atoms with Gasteiger partial charge in [0.05, 0.1) is 12.8 Å². The van der Waals surface area contributed by atoms with Gasteiger partial charge in [-0.3, -0.25) is 0 Å². The second-order valence-electron chi connectivity index (χ2n) is 3.33. The van der Waals surface area contributed by atoms with E-state index in [4.69, 9.17) is 0 Å². The summed E-state index contributed by atoms with van der Waals surface area (Å²) in [5.41, 5.74) is 2.74. The molecule has 0 aromatic heterocycles. The second-order valence-corrected chi connectivity index (χ2v) is 4.19. The highest BCUT2D eigenvalue weighted by molar-refractivity contribution is 9.10. The van der Waals surface area contributed by atoms with Crippen LogP contribution in [0.1, 0.15) is 18.1 Å². The highest BCUT2D eigenvalue weighted by atomic mass is 79.9. The van der Waals surface area contributed by atoms with Crippen LogP contribution in [0.2, 0.25) is 0 Å². The van der Waals surface area contributed by atoms with E-state index in [9.17, 15) is 0 Å². The largest absolute Gasteiger partial charge is 0.0965 e. The Kier molecular flexibility index (Phi) is 3.21. The molecule has 1 atom stereocenters. The van der Waals surface area contributed by atoms with Gasteiger partial charge >= 0.3 is 0 Å². The molecule has 0 aliphatic heterocycles. The maximum Gasteiger partial charge on any atom is 0.0965 e. The van der Waals surface area contributed by atoms with Crippen molar-refractivity contribution >= 4 is 15.9 Å². The molecule has 0 fully saturated rings. The fraction of sp³-hybridized carbons (Fsp3) is 0.364. The van der Waals surface area contributed by atoms with Crippen molar-refractivity contribution in [2.45, 2.75) is 20.3 Å². The number of hydrogen-bond donors (Lipinski definition) is 0. The summed E-state index contributed by atoms with van der Waals surface area (Å²) in [6.45, 7) is 8.27. The topological polar surface area (TPSA) is 0 Å². The van der Waals surface area contributed by atoms with E-state index in [1.807, 2.05) is 0 Å². The fourth-order valence-corrected chi connectivity index (χ4v) is 1.66. The van der Waals surface area contributed by atoms with E-state index in [1.165, 1.54) is 15.6 Å². The molecule has 1 rings (SSSR count). The first-order valence-corrected chi connectivity index (χ1v) is 4.97. The number of rotatable bonds is 2. The van der Waals surface area contributed by atoms with Crippen molar-refractivity contribution in [3.05, 3.63) is 40.7 Å². The van der Waals surface area contributed by atoms with Crippen LogP contribution in [0.4, 0.5) is 0 Å². The number of benzene rings is 1. The normalized spacial score (nSPS) is 12.9. The zero-order valence-corrected chi connectivity index (χ0v) is 9.19. The van der Waals surface area contributed by atoms with Gasteiger partial charge in [0.15, 0.2) is 0 Å². The maximum atomic E-state index is 3.99. The van der Waals surface area contributed by atoms with Gasteiger partial charge in [0.1, 0.15) is 0 Å². The molecule has 1 aromatic carbocycles. The molecule has 64 valence electrons. The molecule has 0 N–H and O–H groups in total. The zero-order chi connectivity index (χ0) is 9.14. The van der Waals surface area contributed by atoms with Crippen LogP contribution in [-0.4, -0.2) is 0 Å². The first-order chi connectivity index (χ1) is 5.61. The van der Waals surface area contributed by atoms with Gasteiger partial charge in [-0.15, -0.1) is 0 Å². The standard InChI is InChI=1S/C11H14Br/c1-8(2)7-10-5-4-6-11(12)9(10)3/h4-6,8H,1,7H2,2-3H3/q+1. The van der Waals surface area contributed by atoms with Crippen LogP contribution >= 0.6 is 15.9 Å². The van der Waals surface area contributed by atoms with Crippen LogP contribution in [0, 0.1) is 19.8 Å². The SMILES string of the molecule is [CH2+]C(C)Cc1cccc(Br)c1C. The molecule has 0 amide bonds. The van der Waals surface area contributed by atoms with Gasteiger partial charge in [0.2, 0.25) is 0 Å². The van der Waals surface area contributed by atoms with E-state index in [-0.39, 0.29) is 0 Å².